The number of rotatable bonds is 2. The van der Waals surface area contributed by atoms with Crippen LogP contribution in [0, 0.1) is 0 Å². The molecule has 0 aromatic carbocycles. The zero-order valence-electron chi connectivity index (χ0n) is 8.15. The van der Waals surface area contributed by atoms with Gasteiger partial charge in [-0.15, -0.1) is 0 Å². The van der Waals surface area contributed by atoms with Crippen LogP contribution in [0.3, 0.4) is 0 Å². The molecule has 2 nitrogen and oxygen atoms in total. The SMILES string of the molecule is CC(C)N(C)[C@@]1(C)CCNC1. The number of nitrogens with zero attached hydrogens (tertiary/aromatic N) is 1. The van der Waals surface area contributed by atoms with E-state index in [1.165, 1.54) is 13.0 Å². The van der Waals surface area contributed by atoms with Gasteiger partial charge >= 0.3 is 0 Å². The zero-order chi connectivity index (χ0) is 8.48. The highest BCUT2D eigenvalue weighted by Gasteiger charge is 2.33. The van der Waals surface area contributed by atoms with Gasteiger partial charge in [-0.2, -0.15) is 0 Å². The molecule has 0 saturated carbocycles. The van der Waals surface area contributed by atoms with Crippen LogP contribution in [0.5, 0.6) is 0 Å². The van der Waals surface area contributed by atoms with Gasteiger partial charge in [0.25, 0.3) is 0 Å². The zero-order valence-corrected chi connectivity index (χ0v) is 8.15. The molecule has 11 heavy (non-hydrogen) atoms. The van der Waals surface area contributed by atoms with Gasteiger partial charge in [-0.25, -0.2) is 0 Å². The fourth-order valence-corrected chi connectivity index (χ4v) is 1.73. The monoisotopic (exact) mass is 156 g/mol. The fourth-order valence-electron chi connectivity index (χ4n) is 1.73. The third kappa shape index (κ3) is 1.74. The summed E-state index contributed by atoms with van der Waals surface area (Å²) in [6, 6.07) is 0.653. The van der Waals surface area contributed by atoms with Crippen molar-refractivity contribution >= 4 is 0 Å². The Kier molecular flexibility index (Phi) is 2.55. The van der Waals surface area contributed by atoms with Gasteiger partial charge in [0.15, 0.2) is 0 Å². The summed E-state index contributed by atoms with van der Waals surface area (Å²) in [5.74, 6) is 0. The third-order valence-corrected chi connectivity index (χ3v) is 2.97. The van der Waals surface area contributed by atoms with Gasteiger partial charge in [0.1, 0.15) is 0 Å². The van der Waals surface area contributed by atoms with E-state index in [0.29, 0.717) is 11.6 Å². The summed E-state index contributed by atoms with van der Waals surface area (Å²) in [6.07, 6.45) is 1.28. The van der Waals surface area contributed by atoms with Crippen LogP contribution in [0.1, 0.15) is 27.2 Å². The maximum absolute atomic E-state index is 3.41. The predicted octanol–water partition coefficient (Wildman–Crippen LogP) is 1.08. The second kappa shape index (κ2) is 3.11. The van der Waals surface area contributed by atoms with Gasteiger partial charge in [-0.1, -0.05) is 0 Å². The quantitative estimate of drug-likeness (QED) is 0.643. The maximum atomic E-state index is 3.41. The lowest BCUT2D eigenvalue weighted by Crippen LogP contribution is -2.48. The second-order valence-electron chi connectivity index (χ2n) is 4.13. The molecule has 0 aromatic rings. The summed E-state index contributed by atoms with van der Waals surface area (Å²) >= 11 is 0. The molecule has 0 amide bonds. The van der Waals surface area contributed by atoms with Crippen LogP contribution in [0.2, 0.25) is 0 Å². The third-order valence-electron chi connectivity index (χ3n) is 2.97. The van der Waals surface area contributed by atoms with E-state index in [9.17, 15) is 0 Å². The molecule has 0 aromatic heterocycles. The first-order valence-electron chi connectivity index (χ1n) is 4.50. The Bertz CT molecular complexity index is 126. The van der Waals surface area contributed by atoms with Crippen molar-refractivity contribution in [3.63, 3.8) is 0 Å². The number of likely N-dealkylation sites (N-methyl/N-ethyl adjacent to an activating group) is 1. The normalized spacial score (nSPS) is 32.2. The smallest absolute Gasteiger partial charge is 0.0317 e. The van der Waals surface area contributed by atoms with Gasteiger partial charge in [0.05, 0.1) is 0 Å². The van der Waals surface area contributed by atoms with E-state index in [-0.39, 0.29) is 0 Å². The van der Waals surface area contributed by atoms with E-state index in [0.717, 1.165) is 6.54 Å². The maximum Gasteiger partial charge on any atom is 0.0317 e. The lowest BCUT2D eigenvalue weighted by Gasteiger charge is -2.37. The Balaban J connectivity index is 2.56. The van der Waals surface area contributed by atoms with E-state index in [1.807, 2.05) is 0 Å². The first-order chi connectivity index (χ1) is 5.06. The van der Waals surface area contributed by atoms with Gasteiger partial charge in [-0.3, -0.25) is 4.90 Å². The number of hydrogen-bond donors (Lipinski definition) is 1. The highest BCUT2D eigenvalue weighted by Crippen LogP contribution is 2.22. The Morgan fingerprint density at radius 2 is 2.09 bits per heavy atom. The van der Waals surface area contributed by atoms with Crippen molar-refractivity contribution < 1.29 is 0 Å². The molecule has 1 aliphatic rings. The first-order valence-corrected chi connectivity index (χ1v) is 4.50. The van der Waals surface area contributed by atoms with Crippen molar-refractivity contribution in [1.82, 2.24) is 10.2 Å². The van der Waals surface area contributed by atoms with E-state index >= 15 is 0 Å². The molecule has 1 atom stereocenters. The van der Waals surface area contributed by atoms with Crippen molar-refractivity contribution in [2.75, 3.05) is 20.1 Å². The number of hydrogen-bond acceptors (Lipinski definition) is 2. The summed E-state index contributed by atoms with van der Waals surface area (Å²) in [4.78, 5) is 2.47. The van der Waals surface area contributed by atoms with Crippen molar-refractivity contribution in [3.8, 4) is 0 Å². The highest BCUT2D eigenvalue weighted by molar-refractivity contribution is 4.93. The van der Waals surface area contributed by atoms with Crippen molar-refractivity contribution in [2.24, 2.45) is 0 Å². The minimum absolute atomic E-state index is 0.397. The highest BCUT2D eigenvalue weighted by atomic mass is 15.2. The van der Waals surface area contributed by atoms with Gasteiger partial charge < -0.3 is 5.32 Å². The van der Waals surface area contributed by atoms with Crippen LogP contribution >= 0.6 is 0 Å². The van der Waals surface area contributed by atoms with Gasteiger partial charge in [0, 0.05) is 18.1 Å². The molecule has 0 aliphatic carbocycles. The molecule has 1 N–H and O–H groups in total. The van der Waals surface area contributed by atoms with Crippen LogP contribution < -0.4 is 5.32 Å². The lowest BCUT2D eigenvalue weighted by molar-refractivity contribution is 0.119. The standard InChI is InChI=1S/C9H20N2/c1-8(2)11(4)9(3)5-6-10-7-9/h8,10H,5-7H2,1-4H3/t9-/m0/s1. The van der Waals surface area contributed by atoms with Crippen LogP contribution in [0.15, 0.2) is 0 Å². The Hall–Kier alpha value is -0.0800. The summed E-state index contributed by atoms with van der Waals surface area (Å²) in [5.41, 5.74) is 0.397. The van der Waals surface area contributed by atoms with E-state index in [1.54, 1.807) is 0 Å². The summed E-state index contributed by atoms with van der Waals surface area (Å²) in [6.45, 7) is 9.16. The predicted molar refractivity (Wildman–Crippen MR) is 48.8 cm³/mol. The largest absolute Gasteiger partial charge is 0.315 e. The van der Waals surface area contributed by atoms with Crippen LogP contribution in [0.4, 0.5) is 0 Å². The van der Waals surface area contributed by atoms with Crippen molar-refractivity contribution in [1.29, 1.82) is 0 Å². The van der Waals surface area contributed by atoms with E-state index < -0.39 is 0 Å². The summed E-state index contributed by atoms with van der Waals surface area (Å²) in [7, 11) is 2.22. The lowest BCUT2D eigenvalue weighted by atomic mass is 9.98. The minimum atomic E-state index is 0.397. The van der Waals surface area contributed by atoms with Crippen molar-refractivity contribution in [3.05, 3.63) is 0 Å². The second-order valence-corrected chi connectivity index (χ2v) is 4.13. The average Bonchev–Trinajstić information content (AvgIpc) is 2.35. The molecule has 0 spiro atoms. The fraction of sp³-hybridized carbons (Fsp3) is 1.00. The topological polar surface area (TPSA) is 15.3 Å². The van der Waals surface area contributed by atoms with Crippen LogP contribution in [-0.4, -0.2) is 36.6 Å². The number of nitrogens with one attached hydrogen (secondary N) is 1. The molecular weight excluding hydrogens is 136 g/mol. The van der Waals surface area contributed by atoms with Crippen molar-refractivity contribution in [2.45, 2.75) is 38.8 Å². The van der Waals surface area contributed by atoms with Crippen LogP contribution in [-0.2, 0) is 0 Å². The Morgan fingerprint density at radius 1 is 1.45 bits per heavy atom. The molecular formula is C9H20N2. The molecule has 1 fully saturated rings. The van der Waals surface area contributed by atoms with E-state index in [4.69, 9.17) is 0 Å². The van der Waals surface area contributed by atoms with Gasteiger partial charge in [-0.05, 0) is 40.8 Å². The summed E-state index contributed by atoms with van der Waals surface area (Å²) < 4.78 is 0. The molecule has 1 heterocycles. The molecule has 0 radical (unpaired) electrons. The van der Waals surface area contributed by atoms with E-state index in [2.05, 4.69) is 38.0 Å². The molecule has 1 rings (SSSR count). The molecule has 0 bridgehead atoms. The molecule has 1 saturated heterocycles. The molecule has 2 heteroatoms. The van der Waals surface area contributed by atoms with Crippen LogP contribution in [0.25, 0.3) is 0 Å². The Labute approximate surface area is 70.0 Å². The summed E-state index contributed by atoms with van der Waals surface area (Å²) in [5, 5.41) is 3.41. The average molecular weight is 156 g/mol. The first kappa shape index (κ1) is 9.01. The molecule has 1 aliphatic heterocycles. The minimum Gasteiger partial charge on any atom is -0.315 e. The Morgan fingerprint density at radius 3 is 2.45 bits per heavy atom. The molecule has 0 unspecified atom stereocenters. The van der Waals surface area contributed by atoms with Gasteiger partial charge in [0.2, 0.25) is 0 Å². The molecule has 66 valence electrons.